The second-order valence-electron chi connectivity index (χ2n) is 10.3. The zero-order chi connectivity index (χ0) is 26.9. The van der Waals surface area contributed by atoms with Gasteiger partial charge in [0.1, 0.15) is 11.0 Å². The summed E-state index contributed by atoms with van der Waals surface area (Å²) in [6.07, 6.45) is 0. The Morgan fingerprint density at radius 2 is 0.854 bits per heavy atom. The SMILES string of the molecule is c1ccc(-n2c3ccccc3c3ccccc32)c(-c2cc3nc4ccccc4nc3c3nc4ccccc4nc23)c1. The third-order valence-corrected chi connectivity index (χ3v) is 7.94. The number of fused-ring (bicyclic) bond motifs is 8. The zero-order valence-corrected chi connectivity index (χ0v) is 21.9. The Balaban J connectivity index is 1.45. The first kappa shape index (κ1) is 22.2. The maximum atomic E-state index is 5.19. The van der Waals surface area contributed by atoms with Crippen LogP contribution in [0, 0.1) is 0 Å². The predicted octanol–water partition coefficient (Wildman–Crippen LogP) is 8.64. The smallest absolute Gasteiger partial charge is 0.118 e. The van der Waals surface area contributed by atoms with Gasteiger partial charge < -0.3 is 4.57 Å². The zero-order valence-electron chi connectivity index (χ0n) is 21.9. The Bertz CT molecular complexity index is 2440. The van der Waals surface area contributed by atoms with Crippen LogP contribution >= 0.6 is 0 Å². The highest BCUT2D eigenvalue weighted by atomic mass is 15.0. The van der Waals surface area contributed by atoms with Gasteiger partial charge >= 0.3 is 0 Å². The number of nitrogens with zero attached hydrogens (tertiary/aromatic N) is 5. The molecule has 190 valence electrons. The van der Waals surface area contributed by atoms with Gasteiger partial charge in [-0.1, -0.05) is 78.9 Å². The summed E-state index contributed by atoms with van der Waals surface area (Å²) in [7, 11) is 0. The van der Waals surface area contributed by atoms with Crippen molar-refractivity contribution < 1.29 is 0 Å². The fraction of sp³-hybridized carbons (Fsp3) is 0. The van der Waals surface area contributed by atoms with Crippen molar-refractivity contribution in [3.8, 4) is 16.8 Å². The van der Waals surface area contributed by atoms with E-state index in [0.717, 1.165) is 72.0 Å². The van der Waals surface area contributed by atoms with Gasteiger partial charge in [-0.25, -0.2) is 19.9 Å². The summed E-state index contributed by atoms with van der Waals surface area (Å²) in [4.78, 5) is 20.4. The second-order valence-corrected chi connectivity index (χ2v) is 10.3. The lowest BCUT2D eigenvalue weighted by molar-refractivity contribution is 1.18. The molecule has 0 atom stereocenters. The van der Waals surface area contributed by atoms with Crippen LogP contribution in [0.2, 0.25) is 0 Å². The highest BCUT2D eigenvalue weighted by Crippen LogP contribution is 2.39. The summed E-state index contributed by atoms with van der Waals surface area (Å²) in [5.41, 5.74) is 12.0. The number of hydrogen-bond acceptors (Lipinski definition) is 4. The van der Waals surface area contributed by atoms with Gasteiger partial charge in [0.05, 0.1) is 49.8 Å². The van der Waals surface area contributed by atoms with Crippen LogP contribution in [-0.4, -0.2) is 24.5 Å². The van der Waals surface area contributed by atoms with E-state index in [4.69, 9.17) is 19.9 Å². The summed E-state index contributed by atoms with van der Waals surface area (Å²) in [5.74, 6) is 0. The van der Waals surface area contributed by atoms with Gasteiger partial charge in [0, 0.05) is 21.9 Å². The molecule has 5 heteroatoms. The number of benzene rings is 6. The molecule has 0 aliphatic heterocycles. The Hall–Kier alpha value is -5.68. The van der Waals surface area contributed by atoms with E-state index in [-0.39, 0.29) is 0 Å². The highest BCUT2D eigenvalue weighted by Gasteiger charge is 2.20. The quantitative estimate of drug-likeness (QED) is 0.168. The first-order valence-electron chi connectivity index (χ1n) is 13.7. The van der Waals surface area contributed by atoms with Crippen molar-refractivity contribution in [1.29, 1.82) is 0 Å². The molecule has 41 heavy (non-hydrogen) atoms. The fourth-order valence-electron chi connectivity index (χ4n) is 6.13. The molecule has 3 aromatic heterocycles. The van der Waals surface area contributed by atoms with Crippen molar-refractivity contribution in [2.24, 2.45) is 0 Å². The summed E-state index contributed by atoms with van der Waals surface area (Å²) in [6.45, 7) is 0. The summed E-state index contributed by atoms with van der Waals surface area (Å²) in [5, 5.41) is 2.45. The van der Waals surface area contributed by atoms with Gasteiger partial charge in [0.25, 0.3) is 0 Å². The van der Waals surface area contributed by atoms with Gasteiger partial charge in [0.2, 0.25) is 0 Å². The molecular weight excluding hydrogens is 502 g/mol. The van der Waals surface area contributed by atoms with Crippen molar-refractivity contribution in [3.63, 3.8) is 0 Å². The molecular formula is C36H21N5. The van der Waals surface area contributed by atoms with Crippen LogP contribution in [0.4, 0.5) is 0 Å². The second kappa shape index (κ2) is 8.41. The standard InChI is InChI=1S/C36H21N5/c1-8-18-31-22(11-1)23-12-2-9-19-32(23)41(31)33-20-10-3-13-24(33)25-21-30-35(39-27-15-5-4-14-26(27)37-30)36-34(25)38-28-16-6-7-17-29(28)40-36/h1-21H. The molecule has 9 aromatic rings. The van der Waals surface area contributed by atoms with Crippen LogP contribution < -0.4 is 0 Å². The molecule has 0 saturated heterocycles. The highest BCUT2D eigenvalue weighted by molar-refractivity contribution is 6.13. The van der Waals surface area contributed by atoms with E-state index >= 15 is 0 Å². The first-order chi connectivity index (χ1) is 20.3. The van der Waals surface area contributed by atoms with E-state index in [9.17, 15) is 0 Å². The average Bonchev–Trinajstić information content (AvgIpc) is 3.37. The van der Waals surface area contributed by atoms with Gasteiger partial charge in [-0.2, -0.15) is 0 Å². The molecule has 0 N–H and O–H groups in total. The largest absolute Gasteiger partial charge is 0.309 e. The lowest BCUT2D eigenvalue weighted by Crippen LogP contribution is -2.00. The third kappa shape index (κ3) is 3.23. The molecule has 6 aromatic carbocycles. The molecule has 0 spiro atoms. The Morgan fingerprint density at radius 1 is 0.366 bits per heavy atom. The third-order valence-electron chi connectivity index (χ3n) is 7.94. The van der Waals surface area contributed by atoms with Crippen molar-refractivity contribution in [1.82, 2.24) is 24.5 Å². The van der Waals surface area contributed by atoms with E-state index in [2.05, 4.69) is 83.4 Å². The lowest BCUT2D eigenvalue weighted by atomic mass is 9.99. The Morgan fingerprint density at radius 3 is 1.51 bits per heavy atom. The monoisotopic (exact) mass is 523 g/mol. The normalized spacial score (nSPS) is 11.9. The number of para-hydroxylation sites is 7. The minimum atomic E-state index is 0.756. The van der Waals surface area contributed by atoms with Crippen LogP contribution in [-0.2, 0) is 0 Å². The van der Waals surface area contributed by atoms with Gasteiger partial charge in [0.15, 0.2) is 0 Å². The van der Waals surface area contributed by atoms with E-state index in [1.807, 2.05) is 48.5 Å². The summed E-state index contributed by atoms with van der Waals surface area (Å²) >= 11 is 0. The van der Waals surface area contributed by atoms with Gasteiger partial charge in [-0.3, -0.25) is 0 Å². The average molecular weight is 524 g/mol. The molecule has 0 amide bonds. The molecule has 0 bridgehead atoms. The van der Waals surface area contributed by atoms with Crippen LogP contribution in [0.25, 0.3) is 82.8 Å². The molecule has 0 aliphatic carbocycles. The van der Waals surface area contributed by atoms with Crippen LogP contribution in [0.5, 0.6) is 0 Å². The van der Waals surface area contributed by atoms with Crippen LogP contribution in [0.1, 0.15) is 0 Å². The molecule has 0 fully saturated rings. The Kier molecular flexibility index (Phi) is 4.55. The minimum absolute atomic E-state index is 0.756. The van der Waals surface area contributed by atoms with Gasteiger partial charge in [-0.05, 0) is 48.5 Å². The molecule has 0 aliphatic rings. The fourth-order valence-corrected chi connectivity index (χ4v) is 6.13. The molecule has 9 rings (SSSR count). The molecule has 0 radical (unpaired) electrons. The molecule has 5 nitrogen and oxygen atoms in total. The molecule has 3 heterocycles. The Labute approximate surface area is 234 Å². The van der Waals surface area contributed by atoms with Crippen molar-refractivity contribution in [3.05, 3.63) is 127 Å². The molecule has 0 saturated carbocycles. The topological polar surface area (TPSA) is 56.5 Å². The van der Waals surface area contributed by atoms with Gasteiger partial charge in [-0.15, -0.1) is 0 Å². The molecule has 0 unspecified atom stereocenters. The van der Waals surface area contributed by atoms with E-state index in [0.29, 0.717) is 0 Å². The van der Waals surface area contributed by atoms with Crippen LogP contribution in [0.3, 0.4) is 0 Å². The van der Waals surface area contributed by atoms with E-state index in [1.165, 1.54) is 10.8 Å². The number of rotatable bonds is 2. The lowest BCUT2D eigenvalue weighted by Gasteiger charge is -2.16. The van der Waals surface area contributed by atoms with E-state index < -0.39 is 0 Å². The van der Waals surface area contributed by atoms with Crippen LogP contribution in [0.15, 0.2) is 127 Å². The summed E-state index contributed by atoms with van der Waals surface area (Å²) < 4.78 is 2.36. The summed E-state index contributed by atoms with van der Waals surface area (Å²) in [6, 6.07) is 43.8. The van der Waals surface area contributed by atoms with E-state index in [1.54, 1.807) is 0 Å². The predicted molar refractivity (Wildman–Crippen MR) is 167 cm³/mol. The number of aromatic nitrogens is 5. The minimum Gasteiger partial charge on any atom is -0.309 e. The van der Waals surface area contributed by atoms with Crippen molar-refractivity contribution in [2.75, 3.05) is 0 Å². The van der Waals surface area contributed by atoms with Crippen molar-refractivity contribution >= 4 is 65.9 Å². The maximum absolute atomic E-state index is 5.19. The number of hydrogen-bond donors (Lipinski definition) is 0. The van der Waals surface area contributed by atoms with Crippen molar-refractivity contribution in [2.45, 2.75) is 0 Å². The first-order valence-corrected chi connectivity index (χ1v) is 13.7. The maximum Gasteiger partial charge on any atom is 0.118 e.